The highest BCUT2D eigenvalue weighted by Gasteiger charge is 2.20. The normalized spacial score (nSPS) is 19.0. The number of ether oxygens (including phenoxy) is 1. The molecular weight excluding hydrogens is 306 g/mol. The Hall–Kier alpha value is -1.72. The van der Waals surface area contributed by atoms with Crippen LogP contribution in [0.3, 0.4) is 0 Å². The maximum atomic E-state index is 5.92. The third-order valence-electron chi connectivity index (χ3n) is 4.19. The SMILES string of the molecule is C=Cc1nc(COC2=NC(C3CCNCC3)=CCC2)sc1C=C. The second-order valence-electron chi connectivity index (χ2n) is 5.75. The van der Waals surface area contributed by atoms with E-state index in [1.165, 1.54) is 18.5 Å². The molecule has 3 rings (SSSR count). The van der Waals surface area contributed by atoms with Crippen molar-refractivity contribution >= 4 is 29.4 Å². The van der Waals surface area contributed by atoms with Crippen LogP contribution in [0.25, 0.3) is 12.2 Å². The minimum Gasteiger partial charge on any atom is -0.473 e. The molecule has 0 aromatic carbocycles. The third-order valence-corrected chi connectivity index (χ3v) is 5.23. The van der Waals surface area contributed by atoms with Crippen LogP contribution in [-0.4, -0.2) is 24.0 Å². The van der Waals surface area contributed by atoms with Crippen LogP contribution < -0.4 is 5.32 Å². The van der Waals surface area contributed by atoms with E-state index in [1.807, 2.05) is 6.08 Å². The number of nitrogens with zero attached hydrogens (tertiary/aromatic N) is 2. The summed E-state index contributed by atoms with van der Waals surface area (Å²) in [5.41, 5.74) is 2.09. The minimum atomic E-state index is 0.470. The summed E-state index contributed by atoms with van der Waals surface area (Å²) >= 11 is 1.60. The molecule has 1 aromatic heterocycles. The maximum absolute atomic E-state index is 5.92. The number of allylic oxidation sites excluding steroid dienone is 2. The van der Waals surface area contributed by atoms with E-state index in [-0.39, 0.29) is 0 Å². The molecule has 0 radical (unpaired) electrons. The highest BCUT2D eigenvalue weighted by molar-refractivity contribution is 7.12. The lowest BCUT2D eigenvalue weighted by Gasteiger charge is -2.25. The minimum absolute atomic E-state index is 0.470. The lowest BCUT2D eigenvalue weighted by atomic mass is 9.93. The van der Waals surface area contributed by atoms with Crippen molar-refractivity contribution in [2.75, 3.05) is 13.1 Å². The standard InChI is InChI=1S/C18H23N3OS/c1-3-14-16(4-2)23-18(21-14)12-22-17-7-5-6-15(20-17)13-8-10-19-11-9-13/h3-4,6,13,19H,1-2,5,7-12H2. The van der Waals surface area contributed by atoms with Crippen molar-refractivity contribution in [2.45, 2.75) is 32.3 Å². The molecule has 0 aliphatic carbocycles. The van der Waals surface area contributed by atoms with Crippen molar-refractivity contribution < 1.29 is 4.74 Å². The molecule has 23 heavy (non-hydrogen) atoms. The van der Waals surface area contributed by atoms with Crippen LogP contribution in [-0.2, 0) is 11.3 Å². The van der Waals surface area contributed by atoms with E-state index in [2.05, 4.69) is 29.5 Å². The monoisotopic (exact) mass is 329 g/mol. The Kier molecular flexibility index (Phi) is 5.41. The van der Waals surface area contributed by atoms with Gasteiger partial charge in [-0.15, -0.1) is 11.3 Å². The largest absolute Gasteiger partial charge is 0.473 e. The number of hydrogen-bond acceptors (Lipinski definition) is 5. The Morgan fingerprint density at radius 2 is 2.13 bits per heavy atom. The van der Waals surface area contributed by atoms with Crippen LogP contribution in [0.5, 0.6) is 0 Å². The molecule has 0 bridgehead atoms. The Bertz CT molecular complexity index is 613. The van der Waals surface area contributed by atoms with E-state index in [0.717, 1.165) is 47.4 Å². The molecule has 2 aliphatic rings. The average Bonchev–Trinajstić information content (AvgIpc) is 3.03. The van der Waals surface area contributed by atoms with Gasteiger partial charge in [-0.2, -0.15) is 0 Å². The summed E-state index contributed by atoms with van der Waals surface area (Å²) in [6, 6.07) is 0. The molecule has 0 amide bonds. The number of thiazole rings is 1. The molecule has 0 atom stereocenters. The zero-order chi connectivity index (χ0) is 16.1. The van der Waals surface area contributed by atoms with Gasteiger partial charge in [0, 0.05) is 18.0 Å². The first-order valence-electron chi connectivity index (χ1n) is 8.16. The second kappa shape index (κ2) is 7.70. The van der Waals surface area contributed by atoms with E-state index >= 15 is 0 Å². The summed E-state index contributed by atoms with van der Waals surface area (Å²) < 4.78 is 5.92. The van der Waals surface area contributed by atoms with Gasteiger partial charge in [0.1, 0.15) is 11.6 Å². The zero-order valence-electron chi connectivity index (χ0n) is 13.4. The van der Waals surface area contributed by atoms with Gasteiger partial charge in [0.15, 0.2) is 5.90 Å². The number of hydrogen-bond donors (Lipinski definition) is 1. The molecule has 0 saturated carbocycles. The Morgan fingerprint density at radius 1 is 1.30 bits per heavy atom. The third kappa shape index (κ3) is 3.98. The van der Waals surface area contributed by atoms with Crippen molar-refractivity contribution in [2.24, 2.45) is 10.9 Å². The molecule has 3 heterocycles. The number of nitrogens with one attached hydrogen (secondary N) is 1. The van der Waals surface area contributed by atoms with Crippen LogP contribution in [0.15, 0.2) is 29.9 Å². The quantitative estimate of drug-likeness (QED) is 0.887. The Morgan fingerprint density at radius 3 is 2.83 bits per heavy atom. The second-order valence-corrected chi connectivity index (χ2v) is 6.87. The van der Waals surface area contributed by atoms with Gasteiger partial charge < -0.3 is 10.1 Å². The molecule has 1 N–H and O–H groups in total. The van der Waals surface area contributed by atoms with E-state index in [4.69, 9.17) is 9.73 Å². The Balaban J connectivity index is 1.62. The van der Waals surface area contributed by atoms with E-state index in [9.17, 15) is 0 Å². The summed E-state index contributed by atoms with van der Waals surface area (Å²) in [6.45, 7) is 10.2. The van der Waals surface area contributed by atoms with Gasteiger partial charge in [-0.05, 0) is 44.5 Å². The highest BCUT2D eigenvalue weighted by atomic mass is 32.1. The van der Waals surface area contributed by atoms with Crippen LogP contribution in [0.1, 0.15) is 41.3 Å². The summed E-state index contributed by atoms with van der Waals surface area (Å²) in [7, 11) is 0. The van der Waals surface area contributed by atoms with E-state index < -0.39 is 0 Å². The smallest absolute Gasteiger partial charge is 0.188 e. The highest BCUT2D eigenvalue weighted by Crippen LogP contribution is 2.27. The summed E-state index contributed by atoms with van der Waals surface area (Å²) in [4.78, 5) is 10.3. The van der Waals surface area contributed by atoms with Crippen molar-refractivity contribution in [1.29, 1.82) is 0 Å². The van der Waals surface area contributed by atoms with Crippen LogP contribution in [0.4, 0.5) is 0 Å². The maximum Gasteiger partial charge on any atom is 0.188 e. The van der Waals surface area contributed by atoms with Crippen molar-refractivity contribution in [3.63, 3.8) is 0 Å². The number of aromatic nitrogens is 1. The summed E-state index contributed by atoms with van der Waals surface area (Å²) in [5.74, 6) is 1.42. The number of aliphatic imine (C=N–C) groups is 1. The molecule has 0 spiro atoms. The van der Waals surface area contributed by atoms with E-state index in [0.29, 0.717) is 12.5 Å². The van der Waals surface area contributed by atoms with Crippen molar-refractivity contribution in [1.82, 2.24) is 10.3 Å². The van der Waals surface area contributed by atoms with Gasteiger partial charge in [0.2, 0.25) is 0 Å². The lowest BCUT2D eigenvalue weighted by molar-refractivity contribution is 0.280. The fourth-order valence-electron chi connectivity index (χ4n) is 2.96. The number of rotatable bonds is 5. The van der Waals surface area contributed by atoms with Gasteiger partial charge in [-0.3, -0.25) is 0 Å². The van der Waals surface area contributed by atoms with Crippen molar-refractivity contribution in [3.8, 4) is 0 Å². The number of piperidine rings is 1. The van der Waals surface area contributed by atoms with Gasteiger partial charge in [-0.1, -0.05) is 19.2 Å². The van der Waals surface area contributed by atoms with Crippen LogP contribution in [0.2, 0.25) is 0 Å². The van der Waals surface area contributed by atoms with E-state index in [1.54, 1.807) is 17.4 Å². The lowest BCUT2D eigenvalue weighted by Crippen LogP contribution is -2.29. The fraction of sp³-hybridized carbons (Fsp3) is 0.444. The predicted molar refractivity (Wildman–Crippen MR) is 97.4 cm³/mol. The molecule has 1 aromatic rings. The predicted octanol–water partition coefficient (Wildman–Crippen LogP) is 4.02. The molecule has 2 aliphatic heterocycles. The topological polar surface area (TPSA) is 46.5 Å². The molecule has 5 heteroatoms. The van der Waals surface area contributed by atoms with Gasteiger partial charge in [0.05, 0.1) is 10.6 Å². The first kappa shape index (κ1) is 16.1. The van der Waals surface area contributed by atoms with Crippen molar-refractivity contribution in [3.05, 3.63) is 40.5 Å². The zero-order valence-corrected chi connectivity index (χ0v) is 14.2. The van der Waals surface area contributed by atoms with Crippen LogP contribution in [0, 0.1) is 5.92 Å². The van der Waals surface area contributed by atoms with Gasteiger partial charge in [-0.25, -0.2) is 9.98 Å². The van der Waals surface area contributed by atoms with Gasteiger partial charge in [0.25, 0.3) is 0 Å². The summed E-state index contributed by atoms with van der Waals surface area (Å²) in [6.07, 6.45) is 10.1. The first-order chi connectivity index (χ1) is 11.3. The van der Waals surface area contributed by atoms with Gasteiger partial charge >= 0.3 is 0 Å². The molecule has 0 unspecified atom stereocenters. The summed E-state index contributed by atoms with van der Waals surface area (Å²) in [5, 5.41) is 4.34. The average molecular weight is 329 g/mol. The molecule has 1 saturated heterocycles. The van der Waals surface area contributed by atoms with Crippen LogP contribution >= 0.6 is 11.3 Å². The fourth-order valence-corrected chi connectivity index (χ4v) is 3.79. The molecular formula is C18H23N3OS. The first-order valence-corrected chi connectivity index (χ1v) is 8.97. The molecule has 4 nitrogen and oxygen atoms in total. The molecule has 1 fully saturated rings. The Labute approximate surface area is 141 Å². The molecule has 122 valence electrons.